The van der Waals surface area contributed by atoms with E-state index >= 15 is 0 Å². The third-order valence-electron chi connectivity index (χ3n) is 12.9. The second-order valence-corrected chi connectivity index (χ2v) is 18.2. The Balaban J connectivity index is 1.09. The highest BCUT2D eigenvalue weighted by Gasteiger charge is 2.54. The van der Waals surface area contributed by atoms with Crippen LogP contribution in [0.2, 0.25) is 0 Å². The van der Waals surface area contributed by atoms with Crippen molar-refractivity contribution in [2.24, 2.45) is 0 Å². The van der Waals surface area contributed by atoms with Crippen LogP contribution in [0, 0.1) is 0 Å². The van der Waals surface area contributed by atoms with Gasteiger partial charge < -0.3 is 52.1 Å². The number of benzene rings is 7. The van der Waals surface area contributed by atoms with Gasteiger partial charge in [-0.1, -0.05) is 212 Å². The van der Waals surface area contributed by atoms with E-state index < -0.39 is 61.4 Å². The van der Waals surface area contributed by atoms with Gasteiger partial charge in [0.25, 0.3) is 0 Å². The minimum absolute atomic E-state index is 0.150. The molecule has 0 saturated carbocycles. The fourth-order valence-electron chi connectivity index (χ4n) is 9.15. The largest absolute Gasteiger partial charge is 0.374 e. The highest BCUT2D eigenvalue weighted by atomic mass is 16.8. The second kappa shape index (κ2) is 28.0. The molecule has 0 aromatic heterocycles. The average Bonchev–Trinajstić information content (AvgIpc) is 3.45. The Hall–Kier alpha value is -5.90. The summed E-state index contributed by atoms with van der Waals surface area (Å²) in [5.74, 6) is 0. The molecule has 2 fully saturated rings. The topological polar surface area (TPSA) is 102 Å². The van der Waals surface area contributed by atoms with Crippen LogP contribution in [0.15, 0.2) is 212 Å². The van der Waals surface area contributed by atoms with Crippen LogP contribution in [-0.4, -0.2) is 81.7 Å². The average molecular weight is 987 g/mol. The number of methoxy groups -OCH3 is 1. The number of ether oxygens (including phenoxy) is 11. The fourth-order valence-corrected chi connectivity index (χ4v) is 9.15. The van der Waals surface area contributed by atoms with Crippen LogP contribution >= 0.6 is 0 Å². The molecule has 7 aromatic carbocycles. The smallest absolute Gasteiger partial charge is 0.187 e. The van der Waals surface area contributed by atoms with Gasteiger partial charge in [0.05, 0.1) is 59.5 Å². The molecule has 0 amide bonds. The molecule has 0 N–H and O–H groups in total. The van der Waals surface area contributed by atoms with Gasteiger partial charge in [-0.15, -0.1) is 0 Å². The van der Waals surface area contributed by atoms with Gasteiger partial charge in [0.1, 0.15) is 48.8 Å². The zero-order valence-electron chi connectivity index (χ0n) is 41.3. The quantitative estimate of drug-likeness (QED) is 0.0518. The van der Waals surface area contributed by atoms with E-state index in [2.05, 4.69) is 0 Å². The summed E-state index contributed by atoms with van der Waals surface area (Å²) in [7, 11) is 1.60. The maximum atomic E-state index is 7.40. The maximum Gasteiger partial charge on any atom is 0.187 e. The van der Waals surface area contributed by atoms with E-state index in [9.17, 15) is 0 Å². The van der Waals surface area contributed by atoms with Crippen molar-refractivity contribution in [3.8, 4) is 0 Å². The number of hydrogen-bond acceptors (Lipinski definition) is 11. The minimum atomic E-state index is -1.10. The highest BCUT2D eigenvalue weighted by molar-refractivity contribution is 5.19. The van der Waals surface area contributed by atoms with Gasteiger partial charge in [-0.25, -0.2) is 0 Å². The summed E-state index contributed by atoms with van der Waals surface area (Å²) in [6.45, 7) is 2.38. The van der Waals surface area contributed by atoms with E-state index in [1.807, 2.05) is 212 Å². The molecule has 0 radical (unpaired) electrons. The molecule has 73 heavy (non-hydrogen) atoms. The maximum absolute atomic E-state index is 7.40. The van der Waals surface area contributed by atoms with Crippen LogP contribution in [0.25, 0.3) is 0 Å². The standard InChI is InChI=1S/C62H66O11/c1-63-61-60(58(69-42-51-33-19-7-20-34-51)56(67-40-49-29-15-5-16-30-49)53(71-61)44-64-37-46-23-9-2-10-24-46)73-62-59(70-43-52-35-21-8-22-36-52)57(68-41-50-31-17-6-18-32-50)55(66-39-48-27-13-4-14-28-48)54(72-62)45-65-38-47-25-11-3-12-26-47/h2-36,53-62H,37-45H2,1H3. The second-order valence-electron chi connectivity index (χ2n) is 18.2. The SMILES string of the molecule is COC1OC(COCc2ccccc2)C(OCc2ccccc2)C(OCc2ccccc2)C1OC1OC(COCc2ccccc2)C(OCc2ccccc2)C(OCc2ccccc2)C1OCc1ccccc1. The first-order valence-electron chi connectivity index (χ1n) is 25.2. The Morgan fingerprint density at radius 1 is 0.288 bits per heavy atom. The van der Waals surface area contributed by atoms with Crippen molar-refractivity contribution in [2.45, 2.75) is 108 Å². The molecule has 2 heterocycles. The van der Waals surface area contributed by atoms with Crippen molar-refractivity contribution < 1.29 is 52.1 Å². The zero-order valence-corrected chi connectivity index (χ0v) is 41.3. The highest BCUT2D eigenvalue weighted by Crippen LogP contribution is 2.37. The Labute approximate surface area is 429 Å². The van der Waals surface area contributed by atoms with Crippen molar-refractivity contribution in [3.63, 3.8) is 0 Å². The van der Waals surface area contributed by atoms with Crippen LogP contribution in [0.5, 0.6) is 0 Å². The monoisotopic (exact) mass is 986 g/mol. The first-order chi connectivity index (χ1) is 36.2. The van der Waals surface area contributed by atoms with Crippen LogP contribution in [-0.2, 0) is 98.4 Å². The van der Waals surface area contributed by atoms with Crippen molar-refractivity contribution in [1.29, 1.82) is 0 Å². The van der Waals surface area contributed by atoms with Crippen LogP contribution in [0.3, 0.4) is 0 Å². The van der Waals surface area contributed by atoms with E-state index in [0.29, 0.717) is 13.2 Å². The van der Waals surface area contributed by atoms with Crippen molar-refractivity contribution in [3.05, 3.63) is 251 Å². The van der Waals surface area contributed by atoms with E-state index in [1.165, 1.54) is 0 Å². The van der Waals surface area contributed by atoms with E-state index in [1.54, 1.807) is 7.11 Å². The minimum Gasteiger partial charge on any atom is -0.374 e. The molecule has 0 aliphatic carbocycles. The molecule has 2 saturated heterocycles. The predicted molar refractivity (Wildman–Crippen MR) is 276 cm³/mol. The first-order valence-corrected chi connectivity index (χ1v) is 25.2. The van der Waals surface area contributed by atoms with Gasteiger partial charge in [0.2, 0.25) is 0 Å². The number of rotatable bonds is 26. The molecule has 2 aliphatic heterocycles. The van der Waals surface area contributed by atoms with Gasteiger partial charge in [-0.05, 0) is 38.9 Å². The molecular formula is C62H66O11. The Morgan fingerprint density at radius 3 is 0.863 bits per heavy atom. The van der Waals surface area contributed by atoms with Gasteiger partial charge >= 0.3 is 0 Å². The fraction of sp³-hybridized carbons (Fsp3) is 0.323. The van der Waals surface area contributed by atoms with Crippen molar-refractivity contribution >= 4 is 0 Å². The molecule has 2 aliphatic rings. The third-order valence-corrected chi connectivity index (χ3v) is 12.9. The number of hydrogen-bond donors (Lipinski definition) is 0. The molecule has 7 aromatic rings. The van der Waals surface area contributed by atoms with Crippen LogP contribution in [0.1, 0.15) is 38.9 Å². The molecule has 10 unspecified atom stereocenters. The van der Waals surface area contributed by atoms with Crippen molar-refractivity contribution in [2.75, 3.05) is 20.3 Å². The van der Waals surface area contributed by atoms with Gasteiger partial charge in [0, 0.05) is 7.11 Å². The normalized spacial score (nSPS) is 24.0. The summed E-state index contributed by atoms with van der Waals surface area (Å²) in [5.41, 5.74) is 6.97. The van der Waals surface area contributed by atoms with Gasteiger partial charge in [-0.2, -0.15) is 0 Å². The lowest BCUT2D eigenvalue weighted by Crippen LogP contribution is -2.66. The Kier molecular flexibility index (Phi) is 19.9. The lowest BCUT2D eigenvalue weighted by molar-refractivity contribution is -0.381. The molecule has 11 heteroatoms. The Bertz CT molecular complexity index is 2560. The predicted octanol–water partition coefficient (Wildman–Crippen LogP) is 10.8. The molecule has 10 atom stereocenters. The third kappa shape index (κ3) is 15.3. The summed E-state index contributed by atoms with van der Waals surface area (Å²) in [4.78, 5) is 0. The van der Waals surface area contributed by atoms with E-state index in [0.717, 1.165) is 38.9 Å². The summed E-state index contributed by atoms with van der Waals surface area (Å²) in [6, 6.07) is 70.4. The molecule has 9 rings (SSSR count). The van der Waals surface area contributed by atoms with E-state index in [4.69, 9.17) is 52.1 Å². The zero-order chi connectivity index (χ0) is 49.7. The molecule has 0 bridgehead atoms. The molecule has 11 nitrogen and oxygen atoms in total. The lowest BCUT2D eigenvalue weighted by Gasteiger charge is -2.50. The lowest BCUT2D eigenvalue weighted by atomic mass is 9.96. The first kappa shape index (κ1) is 52.0. The van der Waals surface area contributed by atoms with E-state index in [-0.39, 0.29) is 46.2 Å². The van der Waals surface area contributed by atoms with Gasteiger partial charge in [0.15, 0.2) is 12.6 Å². The Morgan fingerprint density at radius 2 is 0.548 bits per heavy atom. The summed E-state index contributed by atoms with van der Waals surface area (Å²) < 4.78 is 75.8. The molecule has 380 valence electrons. The summed E-state index contributed by atoms with van der Waals surface area (Å²) in [5, 5.41) is 0. The van der Waals surface area contributed by atoms with Gasteiger partial charge in [-0.3, -0.25) is 0 Å². The van der Waals surface area contributed by atoms with Crippen LogP contribution < -0.4 is 0 Å². The summed E-state index contributed by atoms with van der Waals surface area (Å²) in [6.07, 6.45) is -8.11. The van der Waals surface area contributed by atoms with Crippen LogP contribution in [0.4, 0.5) is 0 Å². The molecule has 0 spiro atoms. The summed E-state index contributed by atoms with van der Waals surface area (Å²) >= 11 is 0. The van der Waals surface area contributed by atoms with Crippen molar-refractivity contribution in [1.82, 2.24) is 0 Å². The molecular weight excluding hydrogens is 921 g/mol.